The lowest BCUT2D eigenvalue weighted by Gasteiger charge is -2.08. The topological polar surface area (TPSA) is 99.6 Å². The predicted octanol–water partition coefficient (Wildman–Crippen LogP) is 3.97. The minimum absolute atomic E-state index is 0.104. The zero-order valence-corrected chi connectivity index (χ0v) is 16.6. The van der Waals surface area contributed by atoms with Gasteiger partial charge in [-0.3, -0.25) is 9.89 Å². The van der Waals surface area contributed by atoms with Crippen molar-refractivity contribution in [3.63, 3.8) is 0 Å². The number of rotatable bonds is 7. The molecule has 0 atom stereocenters. The Kier molecular flexibility index (Phi) is 6.29. The van der Waals surface area contributed by atoms with Crippen molar-refractivity contribution in [2.75, 3.05) is 6.61 Å². The van der Waals surface area contributed by atoms with Gasteiger partial charge in [-0.1, -0.05) is 26.0 Å². The first kappa shape index (κ1) is 20.1. The molecule has 0 aliphatic carbocycles. The monoisotopic (exact) mass is 392 g/mol. The average Bonchev–Trinajstić information content (AvgIpc) is 3.21. The summed E-state index contributed by atoms with van der Waals surface area (Å²) in [6.07, 6.45) is 0. The third-order valence-corrected chi connectivity index (χ3v) is 4.17. The maximum absolute atomic E-state index is 12.3. The van der Waals surface area contributed by atoms with Crippen molar-refractivity contribution in [1.29, 1.82) is 0 Å². The molecule has 0 bridgehead atoms. The number of hydrogen-bond donors (Lipinski definition) is 3. The molecule has 29 heavy (non-hydrogen) atoms. The van der Waals surface area contributed by atoms with Gasteiger partial charge in [-0.2, -0.15) is 10.2 Å². The predicted molar refractivity (Wildman–Crippen MR) is 112 cm³/mol. The van der Waals surface area contributed by atoms with Crippen LogP contribution < -0.4 is 10.2 Å². The molecule has 150 valence electrons. The number of phenolic OH excluding ortho intramolecular Hbond substituents is 1. The van der Waals surface area contributed by atoms with Gasteiger partial charge in [-0.05, 0) is 55.3 Å². The molecule has 0 aliphatic heterocycles. The van der Waals surface area contributed by atoms with E-state index in [1.165, 1.54) is 0 Å². The maximum atomic E-state index is 12.3. The van der Waals surface area contributed by atoms with E-state index < -0.39 is 5.91 Å². The van der Waals surface area contributed by atoms with E-state index in [-0.39, 0.29) is 11.4 Å². The first-order valence-corrected chi connectivity index (χ1v) is 9.35. The molecule has 3 aromatic rings. The van der Waals surface area contributed by atoms with Crippen LogP contribution in [0.25, 0.3) is 11.3 Å². The summed E-state index contributed by atoms with van der Waals surface area (Å²) in [5.41, 5.74) is 5.32. The molecule has 0 unspecified atom stereocenters. The molecule has 7 nitrogen and oxygen atoms in total. The Labute approximate surface area is 169 Å². The molecule has 1 heterocycles. The Morgan fingerprint density at radius 2 is 1.93 bits per heavy atom. The quantitative estimate of drug-likeness (QED) is 0.418. The van der Waals surface area contributed by atoms with Gasteiger partial charge in [0, 0.05) is 11.1 Å². The molecule has 7 heteroatoms. The summed E-state index contributed by atoms with van der Waals surface area (Å²) in [5.74, 6) is 0.937. The van der Waals surface area contributed by atoms with Crippen molar-refractivity contribution < 1.29 is 14.6 Å². The Hall–Kier alpha value is -3.61. The second-order valence-electron chi connectivity index (χ2n) is 7.05. The van der Waals surface area contributed by atoms with Crippen LogP contribution in [0.4, 0.5) is 0 Å². The van der Waals surface area contributed by atoms with E-state index in [1.54, 1.807) is 37.3 Å². The molecule has 0 aliphatic rings. The van der Waals surface area contributed by atoms with Crippen molar-refractivity contribution in [3.05, 3.63) is 65.9 Å². The molecule has 0 radical (unpaired) electrons. The summed E-state index contributed by atoms with van der Waals surface area (Å²) in [4.78, 5) is 12.3. The normalized spacial score (nSPS) is 11.5. The number of hydrogen-bond acceptors (Lipinski definition) is 5. The molecular formula is C22H24N4O3. The number of amides is 1. The Balaban J connectivity index is 1.65. The summed E-state index contributed by atoms with van der Waals surface area (Å²) in [6, 6.07) is 16.0. The Morgan fingerprint density at radius 1 is 1.21 bits per heavy atom. The lowest BCUT2D eigenvalue weighted by atomic mass is 10.1. The Morgan fingerprint density at radius 3 is 2.62 bits per heavy atom. The number of nitrogens with one attached hydrogen (secondary N) is 2. The third-order valence-electron chi connectivity index (χ3n) is 4.17. The second kappa shape index (κ2) is 9.05. The van der Waals surface area contributed by atoms with Crippen molar-refractivity contribution in [2.45, 2.75) is 20.8 Å². The van der Waals surface area contributed by atoms with Crippen molar-refractivity contribution in [3.8, 4) is 22.8 Å². The lowest BCUT2D eigenvalue weighted by molar-refractivity contribution is 0.0950. The molecule has 1 aromatic heterocycles. The van der Waals surface area contributed by atoms with Crippen LogP contribution in [0.2, 0.25) is 0 Å². The summed E-state index contributed by atoms with van der Waals surface area (Å²) < 4.78 is 5.68. The molecule has 2 aromatic carbocycles. The first-order valence-electron chi connectivity index (χ1n) is 9.35. The van der Waals surface area contributed by atoms with Crippen LogP contribution in [-0.2, 0) is 0 Å². The van der Waals surface area contributed by atoms with Gasteiger partial charge in [0.25, 0.3) is 5.91 Å². The number of aromatic hydroxyl groups is 1. The molecule has 1 amide bonds. The highest BCUT2D eigenvalue weighted by Crippen LogP contribution is 2.22. The van der Waals surface area contributed by atoms with Gasteiger partial charge in [0.2, 0.25) is 0 Å². The van der Waals surface area contributed by atoms with E-state index >= 15 is 0 Å². The van der Waals surface area contributed by atoms with Gasteiger partial charge in [-0.25, -0.2) is 5.43 Å². The highest BCUT2D eigenvalue weighted by molar-refractivity contribution is 6.02. The fourth-order valence-corrected chi connectivity index (χ4v) is 2.61. The summed E-state index contributed by atoms with van der Waals surface area (Å²) in [5, 5.41) is 20.8. The van der Waals surface area contributed by atoms with Gasteiger partial charge >= 0.3 is 0 Å². The SMILES string of the molecule is C/C(=N/NC(=O)c1cc(-c2ccc(OCC(C)C)cc2)n[nH]1)c1ccccc1O. The van der Waals surface area contributed by atoms with Crippen LogP contribution in [0, 0.1) is 5.92 Å². The molecular weight excluding hydrogens is 368 g/mol. The van der Waals surface area contributed by atoms with Crippen molar-refractivity contribution in [1.82, 2.24) is 15.6 Å². The van der Waals surface area contributed by atoms with Crippen LogP contribution in [0.3, 0.4) is 0 Å². The van der Waals surface area contributed by atoms with Crippen LogP contribution in [0.15, 0.2) is 59.7 Å². The highest BCUT2D eigenvalue weighted by Gasteiger charge is 2.12. The maximum Gasteiger partial charge on any atom is 0.289 e. The zero-order valence-electron chi connectivity index (χ0n) is 16.6. The van der Waals surface area contributed by atoms with Crippen LogP contribution >= 0.6 is 0 Å². The number of nitrogens with zero attached hydrogens (tertiary/aromatic N) is 2. The standard InChI is InChI=1S/C22H24N4O3/c1-14(2)13-29-17-10-8-16(9-11-17)19-12-20(25-24-19)22(28)26-23-15(3)18-6-4-5-7-21(18)27/h4-12,14,27H,13H2,1-3H3,(H,24,25)(H,26,28)/b23-15-. The van der Waals surface area contributed by atoms with Gasteiger partial charge < -0.3 is 9.84 Å². The average molecular weight is 392 g/mol. The molecule has 0 saturated heterocycles. The molecule has 3 N–H and O–H groups in total. The Bertz CT molecular complexity index is 1010. The van der Waals surface area contributed by atoms with Crippen LogP contribution in [0.1, 0.15) is 36.8 Å². The van der Waals surface area contributed by atoms with Crippen molar-refractivity contribution >= 4 is 11.6 Å². The lowest BCUT2D eigenvalue weighted by Crippen LogP contribution is -2.19. The van der Waals surface area contributed by atoms with E-state index in [0.717, 1.165) is 11.3 Å². The number of aromatic amines is 1. The van der Waals surface area contributed by atoms with E-state index in [0.29, 0.717) is 29.5 Å². The minimum atomic E-state index is -0.421. The number of benzene rings is 2. The number of carbonyl (C=O) groups excluding carboxylic acids is 1. The number of para-hydroxylation sites is 1. The number of carbonyl (C=O) groups is 1. The molecule has 0 spiro atoms. The van der Waals surface area contributed by atoms with Crippen LogP contribution in [-0.4, -0.2) is 33.5 Å². The number of hydrazone groups is 1. The first-order chi connectivity index (χ1) is 13.9. The summed E-state index contributed by atoms with van der Waals surface area (Å²) >= 11 is 0. The van der Waals surface area contributed by atoms with Gasteiger partial charge in [0.1, 0.15) is 17.2 Å². The smallest absolute Gasteiger partial charge is 0.289 e. The van der Waals surface area contributed by atoms with E-state index in [2.05, 4.69) is 34.6 Å². The summed E-state index contributed by atoms with van der Waals surface area (Å²) in [6.45, 7) is 6.56. The van der Waals surface area contributed by atoms with E-state index in [1.807, 2.05) is 24.3 Å². The number of aromatic nitrogens is 2. The van der Waals surface area contributed by atoms with Gasteiger partial charge in [0.15, 0.2) is 0 Å². The third kappa shape index (κ3) is 5.22. The van der Waals surface area contributed by atoms with Crippen LogP contribution in [0.5, 0.6) is 11.5 Å². The zero-order chi connectivity index (χ0) is 20.8. The molecule has 0 saturated carbocycles. The number of ether oxygens (including phenoxy) is 1. The fraction of sp³-hybridized carbons (Fsp3) is 0.227. The fourth-order valence-electron chi connectivity index (χ4n) is 2.61. The largest absolute Gasteiger partial charge is 0.507 e. The van der Waals surface area contributed by atoms with E-state index in [4.69, 9.17) is 4.74 Å². The summed E-state index contributed by atoms with van der Waals surface area (Å²) in [7, 11) is 0. The number of H-pyrrole nitrogens is 1. The van der Waals surface area contributed by atoms with E-state index in [9.17, 15) is 9.90 Å². The number of phenols is 1. The molecule has 0 fully saturated rings. The highest BCUT2D eigenvalue weighted by atomic mass is 16.5. The second-order valence-corrected chi connectivity index (χ2v) is 7.05. The molecule has 3 rings (SSSR count). The van der Waals surface area contributed by atoms with Gasteiger partial charge in [0.05, 0.1) is 18.0 Å². The van der Waals surface area contributed by atoms with Crippen molar-refractivity contribution in [2.24, 2.45) is 11.0 Å². The van der Waals surface area contributed by atoms with Gasteiger partial charge in [-0.15, -0.1) is 0 Å². The minimum Gasteiger partial charge on any atom is -0.507 e.